The zero-order valence-corrected chi connectivity index (χ0v) is 26.2. The largest absolute Gasteiger partial charge is 0.455 e. The van der Waals surface area contributed by atoms with Crippen molar-refractivity contribution >= 4 is 54.3 Å². The van der Waals surface area contributed by atoms with Crippen molar-refractivity contribution in [3.05, 3.63) is 158 Å². The molecule has 0 saturated heterocycles. The van der Waals surface area contributed by atoms with Crippen molar-refractivity contribution < 1.29 is 4.42 Å². The summed E-state index contributed by atoms with van der Waals surface area (Å²) >= 11 is 0. The first kappa shape index (κ1) is 27.4. The fourth-order valence-electron chi connectivity index (χ4n) is 7.02. The zero-order valence-electron chi connectivity index (χ0n) is 26.2. The third kappa shape index (κ3) is 4.48. The van der Waals surface area contributed by atoms with Crippen LogP contribution in [0.4, 0.5) is 0 Å². The molecular weight excluding hydrogens is 601 g/mol. The molecule has 0 unspecified atom stereocenters. The van der Waals surface area contributed by atoms with Crippen molar-refractivity contribution in [2.24, 2.45) is 0 Å². The normalized spacial score (nSPS) is 11.7. The van der Waals surface area contributed by atoms with Gasteiger partial charge in [0, 0.05) is 50.0 Å². The topological polar surface area (TPSA) is 64.7 Å². The maximum absolute atomic E-state index is 6.50. The van der Waals surface area contributed by atoms with Crippen LogP contribution in [0.2, 0.25) is 0 Å². The molecular formula is C44H26N4O. The van der Waals surface area contributed by atoms with E-state index in [0.29, 0.717) is 17.5 Å². The smallest absolute Gasteiger partial charge is 0.165 e. The Balaban J connectivity index is 1.08. The molecule has 0 radical (unpaired) electrons. The highest BCUT2D eigenvalue weighted by Crippen LogP contribution is 2.43. The first-order valence-corrected chi connectivity index (χ1v) is 16.3. The maximum Gasteiger partial charge on any atom is 0.165 e. The van der Waals surface area contributed by atoms with Crippen molar-refractivity contribution in [2.45, 2.75) is 0 Å². The van der Waals surface area contributed by atoms with Gasteiger partial charge in [0.1, 0.15) is 11.2 Å². The Morgan fingerprint density at radius 3 is 1.63 bits per heavy atom. The monoisotopic (exact) mass is 626 g/mol. The van der Waals surface area contributed by atoms with Gasteiger partial charge >= 0.3 is 0 Å². The number of hydrogen-bond acceptors (Lipinski definition) is 5. The summed E-state index contributed by atoms with van der Waals surface area (Å²) in [5.41, 5.74) is 6.46. The highest BCUT2D eigenvalue weighted by atomic mass is 16.3. The predicted molar refractivity (Wildman–Crippen MR) is 199 cm³/mol. The van der Waals surface area contributed by atoms with Gasteiger partial charge in [0.05, 0.1) is 5.69 Å². The molecule has 0 atom stereocenters. The molecule has 10 aromatic rings. The van der Waals surface area contributed by atoms with Crippen LogP contribution in [0, 0.1) is 0 Å². The minimum Gasteiger partial charge on any atom is -0.455 e. The second kappa shape index (κ2) is 10.9. The van der Waals surface area contributed by atoms with Crippen LogP contribution in [0.25, 0.3) is 99.7 Å². The Hall–Kier alpha value is -6.72. The summed E-state index contributed by atoms with van der Waals surface area (Å²) in [6.45, 7) is 0. The van der Waals surface area contributed by atoms with Crippen molar-refractivity contribution in [3.8, 4) is 45.4 Å². The zero-order chi connectivity index (χ0) is 32.3. The number of aromatic nitrogens is 4. The van der Waals surface area contributed by atoms with E-state index in [0.717, 1.165) is 55.3 Å². The molecule has 0 bridgehead atoms. The van der Waals surface area contributed by atoms with Crippen LogP contribution in [-0.2, 0) is 0 Å². The van der Waals surface area contributed by atoms with E-state index in [1.165, 1.54) is 26.9 Å². The molecule has 0 saturated carbocycles. The minimum atomic E-state index is 0.584. The number of benzene rings is 7. The Morgan fingerprint density at radius 1 is 0.388 bits per heavy atom. The molecule has 10 rings (SSSR count). The van der Waals surface area contributed by atoms with E-state index in [-0.39, 0.29) is 0 Å². The molecule has 49 heavy (non-hydrogen) atoms. The lowest BCUT2D eigenvalue weighted by Crippen LogP contribution is -2.00. The van der Waals surface area contributed by atoms with Gasteiger partial charge in [-0.2, -0.15) is 0 Å². The van der Waals surface area contributed by atoms with Crippen LogP contribution < -0.4 is 0 Å². The predicted octanol–water partition coefficient (Wildman–Crippen LogP) is 11.3. The molecule has 0 N–H and O–H groups in total. The lowest BCUT2D eigenvalue weighted by Gasteiger charge is -2.11. The molecule has 3 aromatic heterocycles. The van der Waals surface area contributed by atoms with Gasteiger partial charge in [-0.3, -0.25) is 4.98 Å². The second-order valence-electron chi connectivity index (χ2n) is 12.2. The maximum atomic E-state index is 6.50. The van der Waals surface area contributed by atoms with Crippen molar-refractivity contribution in [3.63, 3.8) is 0 Å². The number of para-hydroxylation sites is 1. The fourth-order valence-corrected chi connectivity index (χ4v) is 7.02. The van der Waals surface area contributed by atoms with E-state index in [4.69, 9.17) is 24.4 Å². The van der Waals surface area contributed by atoms with E-state index in [2.05, 4.69) is 66.7 Å². The van der Waals surface area contributed by atoms with Crippen molar-refractivity contribution in [1.29, 1.82) is 0 Å². The molecule has 228 valence electrons. The highest BCUT2D eigenvalue weighted by molar-refractivity contribution is 6.34. The quantitative estimate of drug-likeness (QED) is 0.182. The van der Waals surface area contributed by atoms with Gasteiger partial charge in [-0.25, -0.2) is 15.0 Å². The van der Waals surface area contributed by atoms with Gasteiger partial charge in [0.15, 0.2) is 17.5 Å². The first-order valence-electron chi connectivity index (χ1n) is 16.3. The number of rotatable bonds is 4. The minimum absolute atomic E-state index is 0.584. The average molecular weight is 627 g/mol. The number of fused-ring (bicyclic) bond motifs is 10. The third-order valence-corrected chi connectivity index (χ3v) is 9.34. The van der Waals surface area contributed by atoms with Crippen LogP contribution in [0.5, 0.6) is 0 Å². The summed E-state index contributed by atoms with van der Waals surface area (Å²) in [7, 11) is 0. The lowest BCUT2D eigenvalue weighted by atomic mass is 9.92. The lowest BCUT2D eigenvalue weighted by molar-refractivity contribution is 0.673. The molecule has 0 amide bonds. The van der Waals surface area contributed by atoms with Gasteiger partial charge in [0.25, 0.3) is 0 Å². The summed E-state index contributed by atoms with van der Waals surface area (Å²) in [5, 5.41) is 9.39. The summed E-state index contributed by atoms with van der Waals surface area (Å²) in [5.74, 6) is 1.84. The molecule has 5 heteroatoms. The van der Waals surface area contributed by atoms with E-state index in [1.54, 1.807) is 0 Å². The summed E-state index contributed by atoms with van der Waals surface area (Å²) < 4.78 is 6.50. The third-order valence-electron chi connectivity index (χ3n) is 9.34. The summed E-state index contributed by atoms with van der Waals surface area (Å²) in [6, 6.07) is 52.0. The number of furan rings is 1. The van der Waals surface area contributed by atoms with Gasteiger partial charge in [0.2, 0.25) is 0 Å². The number of hydrogen-bond donors (Lipinski definition) is 0. The molecule has 0 aliphatic carbocycles. The highest BCUT2D eigenvalue weighted by Gasteiger charge is 2.18. The Bertz CT molecular complexity index is 2800. The summed E-state index contributed by atoms with van der Waals surface area (Å²) in [6.07, 6.45) is 1.85. The second-order valence-corrected chi connectivity index (χ2v) is 12.2. The van der Waals surface area contributed by atoms with Crippen molar-refractivity contribution in [2.75, 3.05) is 0 Å². The molecule has 0 aliphatic heterocycles. The molecule has 0 spiro atoms. The average Bonchev–Trinajstić information content (AvgIpc) is 3.58. The van der Waals surface area contributed by atoms with Crippen LogP contribution >= 0.6 is 0 Å². The van der Waals surface area contributed by atoms with E-state index in [9.17, 15) is 0 Å². The molecule has 0 aliphatic rings. The standard InChI is InChI=1S/C44H26N4O/c1-3-11-27(12-4-1)42-46-43(28-13-5-2-6-14-28)48-44(47-42)31-21-24-37(45-26-31)30-20-22-32-29(25-30)19-23-36-39(32)33-15-7-8-16-34(33)40-35-17-9-10-18-38(35)49-41(36)40/h1-26H. The molecule has 7 aromatic carbocycles. The first-order chi connectivity index (χ1) is 24.3. The Morgan fingerprint density at radius 2 is 0.959 bits per heavy atom. The summed E-state index contributed by atoms with van der Waals surface area (Å²) in [4.78, 5) is 19.4. The van der Waals surface area contributed by atoms with Crippen LogP contribution in [0.15, 0.2) is 162 Å². The van der Waals surface area contributed by atoms with Gasteiger partial charge < -0.3 is 4.42 Å². The SMILES string of the molecule is c1ccc(-c2nc(-c3ccccc3)nc(-c3ccc(-c4ccc5c(ccc6c7oc8ccccc8c7c7ccccc7c56)c4)nc3)n2)cc1. The molecule has 0 fully saturated rings. The number of nitrogens with zero attached hydrogens (tertiary/aromatic N) is 4. The van der Waals surface area contributed by atoms with Crippen LogP contribution in [-0.4, -0.2) is 19.9 Å². The van der Waals surface area contributed by atoms with Gasteiger partial charge in [-0.05, 0) is 51.9 Å². The number of pyridine rings is 1. The molecule has 5 nitrogen and oxygen atoms in total. The molecule has 3 heterocycles. The Labute approximate surface area is 281 Å². The van der Waals surface area contributed by atoms with Crippen molar-refractivity contribution in [1.82, 2.24) is 19.9 Å². The van der Waals surface area contributed by atoms with Gasteiger partial charge in [-0.15, -0.1) is 0 Å². The Kier molecular flexibility index (Phi) is 6.11. The van der Waals surface area contributed by atoms with E-state index in [1.807, 2.05) is 91.1 Å². The van der Waals surface area contributed by atoms with E-state index >= 15 is 0 Å². The van der Waals surface area contributed by atoms with Gasteiger partial charge in [-0.1, -0.05) is 121 Å². The van der Waals surface area contributed by atoms with E-state index < -0.39 is 0 Å². The fraction of sp³-hybridized carbons (Fsp3) is 0. The van der Waals surface area contributed by atoms with Crippen LogP contribution in [0.1, 0.15) is 0 Å². The van der Waals surface area contributed by atoms with Crippen LogP contribution in [0.3, 0.4) is 0 Å².